The number of phenolic OH excluding ortho intramolecular Hbond substituents is 1. The molecular weight excluding hydrogens is 420 g/mol. The zero-order valence-electron chi connectivity index (χ0n) is 21.3. The van der Waals surface area contributed by atoms with Crippen LogP contribution < -0.4 is 14.2 Å². The number of hydrogen-bond donors (Lipinski definition) is 2. The number of hydrogen-bond acceptors (Lipinski definition) is 5. The standard InChI is InChI=1S/C27H46O6/c1-5-9-11-13-15-19-31-24-22(18-8-4)21(17-7-3)23(28)25(33-27(29)30)26(24)32-20-16-14-12-10-6-2/h28H,5-20H2,1-4H3,(H,29,30). The van der Waals surface area contributed by atoms with E-state index in [4.69, 9.17) is 14.2 Å². The molecule has 0 aliphatic carbocycles. The Kier molecular flexibility index (Phi) is 15.2. The number of carboxylic acid groups (broad SMARTS) is 1. The van der Waals surface area contributed by atoms with Gasteiger partial charge in [-0.15, -0.1) is 0 Å². The Morgan fingerprint density at radius 2 is 1.12 bits per heavy atom. The fraction of sp³-hybridized carbons (Fsp3) is 0.741. The Hall–Kier alpha value is -2.11. The Labute approximate surface area is 200 Å². The van der Waals surface area contributed by atoms with E-state index in [-0.39, 0.29) is 17.2 Å². The molecule has 0 unspecified atom stereocenters. The topological polar surface area (TPSA) is 85.2 Å². The first-order chi connectivity index (χ1) is 16.0. The highest BCUT2D eigenvalue weighted by Gasteiger charge is 2.28. The van der Waals surface area contributed by atoms with Crippen LogP contribution in [0.5, 0.6) is 23.0 Å². The minimum atomic E-state index is -1.48. The summed E-state index contributed by atoms with van der Waals surface area (Å²) in [7, 11) is 0. The maximum absolute atomic E-state index is 11.4. The van der Waals surface area contributed by atoms with Crippen molar-refractivity contribution in [1.82, 2.24) is 0 Å². The molecule has 0 heterocycles. The maximum atomic E-state index is 11.4. The first kappa shape index (κ1) is 28.9. The van der Waals surface area contributed by atoms with Crippen molar-refractivity contribution in [2.75, 3.05) is 13.2 Å². The monoisotopic (exact) mass is 466 g/mol. The molecule has 0 spiro atoms. The fourth-order valence-electron chi connectivity index (χ4n) is 4.02. The highest BCUT2D eigenvalue weighted by Crippen LogP contribution is 2.50. The van der Waals surface area contributed by atoms with Gasteiger partial charge < -0.3 is 24.4 Å². The number of carbonyl (C=O) groups is 1. The summed E-state index contributed by atoms with van der Waals surface area (Å²) in [5.41, 5.74) is 1.61. The molecule has 0 aliphatic rings. The number of unbranched alkanes of at least 4 members (excludes halogenated alkanes) is 8. The van der Waals surface area contributed by atoms with Crippen molar-refractivity contribution >= 4 is 6.16 Å². The molecule has 1 aromatic carbocycles. The van der Waals surface area contributed by atoms with E-state index in [2.05, 4.69) is 20.8 Å². The molecule has 0 saturated carbocycles. The second kappa shape index (κ2) is 17.4. The number of aromatic hydroxyl groups is 1. The van der Waals surface area contributed by atoms with Gasteiger partial charge in [-0.2, -0.15) is 0 Å². The van der Waals surface area contributed by atoms with Crippen LogP contribution in [0, 0.1) is 0 Å². The van der Waals surface area contributed by atoms with Crippen LogP contribution >= 0.6 is 0 Å². The van der Waals surface area contributed by atoms with E-state index in [1.165, 1.54) is 32.1 Å². The third-order valence-electron chi connectivity index (χ3n) is 5.73. The van der Waals surface area contributed by atoms with E-state index in [1.807, 2.05) is 6.92 Å². The van der Waals surface area contributed by atoms with E-state index >= 15 is 0 Å². The van der Waals surface area contributed by atoms with Crippen molar-refractivity contribution < 1.29 is 29.2 Å². The van der Waals surface area contributed by atoms with Gasteiger partial charge in [0.05, 0.1) is 13.2 Å². The Balaban J connectivity index is 3.27. The molecule has 0 aromatic heterocycles. The lowest BCUT2D eigenvalue weighted by Gasteiger charge is -2.23. The molecule has 0 amide bonds. The Bertz CT molecular complexity index is 686. The van der Waals surface area contributed by atoms with Gasteiger partial charge in [-0.1, -0.05) is 91.9 Å². The van der Waals surface area contributed by atoms with Crippen LogP contribution in [-0.2, 0) is 12.8 Å². The summed E-state index contributed by atoms with van der Waals surface area (Å²) >= 11 is 0. The van der Waals surface area contributed by atoms with Crippen molar-refractivity contribution in [3.8, 4) is 23.0 Å². The summed E-state index contributed by atoms with van der Waals surface area (Å²) in [6, 6.07) is 0. The first-order valence-electron chi connectivity index (χ1n) is 13.1. The molecule has 6 nitrogen and oxygen atoms in total. The number of phenols is 1. The maximum Gasteiger partial charge on any atom is 0.511 e. The van der Waals surface area contributed by atoms with Crippen molar-refractivity contribution in [2.24, 2.45) is 0 Å². The van der Waals surface area contributed by atoms with E-state index in [0.29, 0.717) is 37.4 Å². The van der Waals surface area contributed by atoms with Gasteiger partial charge in [0.2, 0.25) is 11.5 Å². The highest BCUT2D eigenvalue weighted by molar-refractivity contribution is 5.72. The minimum Gasteiger partial charge on any atom is -0.504 e. The molecule has 6 heteroatoms. The summed E-state index contributed by atoms with van der Waals surface area (Å²) in [6.07, 6.45) is 12.5. The van der Waals surface area contributed by atoms with Crippen LogP contribution in [0.15, 0.2) is 0 Å². The third kappa shape index (κ3) is 10.1. The lowest BCUT2D eigenvalue weighted by Crippen LogP contribution is -2.12. The van der Waals surface area contributed by atoms with Crippen LogP contribution in [0.2, 0.25) is 0 Å². The number of rotatable bonds is 19. The van der Waals surface area contributed by atoms with Gasteiger partial charge in [0, 0.05) is 11.1 Å². The van der Waals surface area contributed by atoms with Gasteiger partial charge >= 0.3 is 6.16 Å². The van der Waals surface area contributed by atoms with Crippen LogP contribution in [0.3, 0.4) is 0 Å². The number of ether oxygens (including phenoxy) is 3. The molecule has 0 saturated heterocycles. The summed E-state index contributed by atoms with van der Waals surface area (Å²) in [5.74, 6) is 0.486. The van der Waals surface area contributed by atoms with E-state index in [0.717, 1.165) is 50.5 Å². The lowest BCUT2D eigenvalue weighted by atomic mass is 9.96. The summed E-state index contributed by atoms with van der Waals surface area (Å²) in [6.45, 7) is 9.42. The predicted molar refractivity (Wildman–Crippen MR) is 133 cm³/mol. The molecule has 2 N–H and O–H groups in total. The van der Waals surface area contributed by atoms with Gasteiger partial charge in [0.1, 0.15) is 0 Å². The number of benzene rings is 1. The van der Waals surface area contributed by atoms with Gasteiger partial charge in [-0.3, -0.25) is 0 Å². The third-order valence-corrected chi connectivity index (χ3v) is 5.73. The molecule has 0 aliphatic heterocycles. The molecule has 0 bridgehead atoms. The van der Waals surface area contributed by atoms with Crippen molar-refractivity contribution in [1.29, 1.82) is 0 Å². The Morgan fingerprint density at radius 1 is 0.636 bits per heavy atom. The van der Waals surface area contributed by atoms with Crippen molar-refractivity contribution in [2.45, 2.75) is 118 Å². The molecule has 190 valence electrons. The molecular formula is C27H46O6. The average Bonchev–Trinajstić information content (AvgIpc) is 2.79. The lowest BCUT2D eigenvalue weighted by molar-refractivity contribution is 0.139. The van der Waals surface area contributed by atoms with E-state index in [1.54, 1.807) is 0 Å². The van der Waals surface area contributed by atoms with Gasteiger partial charge in [0.25, 0.3) is 0 Å². The summed E-state index contributed by atoms with van der Waals surface area (Å²) in [4.78, 5) is 11.4. The Morgan fingerprint density at radius 3 is 1.61 bits per heavy atom. The van der Waals surface area contributed by atoms with Crippen molar-refractivity contribution in [3.05, 3.63) is 11.1 Å². The van der Waals surface area contributed by atoms with E-state index in [9.17, 15) is 15.0 Å². The first-order valence-corrected chi connectivity index (χ1v) is 13.1. The zero-order chi connectivity index (χ0) is 24.5. The van der Waals surface area contributed by atoms with Crippen LogP contribution in [0.1, 0.15) is 116 Å². The van der Waals surface area contributed by atoms with Gasteiger partial charge in [-0.25, -0.2) is 4.79 Å². The summed E-state index contributed by atoms with van der Waals surface area (Å²) in [5, 5.41) is 20.3. The zero-order valence-corrected chi connectivity index (χ0v) is 21.3. The van der Waals surface area contributed by atoms with Crippen molar-refractivity contribution in [3.63, 3.8) is 0 Å². The van der Waals surface area contributed by atoms with Crippen LogP contribution in [0.25, 0.3) is 0 Å². The van der Waals surface area contributed by atoms with Crippen LogP contribution in [-0.4, -0.2) is 29.6 Å². The quantitative estimate of drug-likeness (QED) is 0.122. The average molecular weight is 467 g/mol. The molecule has 0 radical (unpaired) electrons. The smallest absolute Gasteiger partial charge is 0.504 e. The second-order valence-corrected chi connectivity index (χ2v) is 8.69. The molecule has 1 aromatic rings. The largest absolute Gasteiger partial charge is 0.511 e. The second-order valence-electron chi connectivity index (χ2n) is 8.69. The van der Waals surface area contributed by atoms with E-state index < -0.39 is 6.16 Å². The van der Waals surface area contributed by atoms with Gasteiger partial charge in [0.15, 0.2) is 11.5 Å². The SMILES string of the molecule is CCCCCCCOc1c(CCC)c(CCC)c(O)c(OC(=O)O)c1OCCCCCCC. The molecule has 33 heavy (non-hydrogen) atoms. The van der Waals surface area contributed by atoms with Gasteiger partial charge in [-0.05, 0) is 25.7 Å². The molecule has 1 rings (SSSR count). The normalized spacial score (nSPS) is 10.9. The predicted octanol–water partition coefficient (Wildman–Crippen LogP) is 8.05. The molecule has 0 fully saturated rings. The fourth-order valence-corrected chi connectivity index (χ4v) is 4.02. The van der Waals surface area contributed by atoms with Crippen LogP contribution in [0.4, 0.5) is 4.79 Å². The molecule has 0 atom stereocenters. The highest BCUT2D eigenvalue weighted by atomic mass is 16.7. The minimum absolute atomic E-state index is 0.139. The summed E-state index contributed by atoms with van der Waals surface area (Å²) < 4.78 is 17.4.